The molecule has 0 unspecified atom stereocenters. The van der Waals surface area contributed by atoms with E-state index in [0.29, 0.717) is 12.4 Å². The average molecular weight is 440 g/mol. The standard InChI is InChI=1S/C22H22BrN3O2/c1-3-28-22-19(18-10-5-4-8-16(18)12-20(22)23)13-25-26-21(27)14-24-17-9-6-7-15(2)11-17/h4-13,24H,3,14H2,1-2H3,(H,26,27)/b25-13-. The highest BCUT2D eigenvalue weighted by Crippen LogP contribution is 2.34. The third-order valence-electron chi connectivity index (χ3n) is 4.14. The van der Waals surface area contributed by atoms with Crippen molar-refractivity contribution in [2.24, 2.45) is 5.10 Å². The van der Waals surface area contributed by atoms with Gasteiger partial charge in [0.05, 0.1) is 23.8 Å². The summed E-state index contributed by atoms with van der Waals surface area (Å²) in [5.41, 5.74) is 5.42. The Bertz CT molecular complexity index is 1020. The van der Waals surface area contributed by atoms with Crippen molar-refractivity contribution in [2.75, 3.05) is 18.5 Å². The normalized spacial score (nSPS) is 11.0. The van der Waals surface area contributed by atoms with Crippen LogP contribution in [0.4, 0.5) is 5.69 Å². The van der Waals surface area contributed by atoms with E-state index in [1.165, 1.54) is 0 Å². The number of anilines is 1. The molecule has 0 aliphatic rings. The molecule has 3 rings (SSSR count). The van der Waals surface area contributed by atoms with Crippen molar-refractivity contribution < 1.29 is 9.53 Å². The molecule has 0 saturated carbocycles. The van der Waals surface area contributed by atoms with Gasteiger partial charge in [-0.1, -0.05) is 36.4 Å². The van der Waals surface area contributed by atoms with Gasteiger partial charge in [0.1, 0.15) is 5.75 Å². The maximum absolute atomic E-state index is 12.1. The van der Waals surface area contributed by atoms with E-state index < -0.39 is 0 Å². The van der Waals surface area contributed by atoms with Gasteiger partial charge in [-0.15, -0.1) is 0 Å². The minimum atomic E-state index is -0.227. The Morgan fingerprint density at radius 1 is 1.18 bits per heavy atom. The fourth-order valence-electron chi connectivity index (χ4n) is 2.89. The molecule has 5 nitrogen and oxygen atoms in total. The predicted octanol–water partition coefficient (Wildman–Crippen LogP) is 4.87. The molecule has 1 amide bonds. The predicted molar refractivity (Wildman–Crippen MR) is 118 cm³/mol. The number of hydrogen-bond acceptors (Lipinski definition) is 4. The molecular formula is C22H22BrN3O2. The minimum Gasteiger partial charge on any atom is -0.492 e. The summed E-state index contributed by atoms with van der Waals surface area (Å²) in [6.45, 7) is 4.61. The number of rotatable bonds is 7. The Morgan fingerprint density at radius 2 is 2.00 bits per heavy atom. The number of nitrogens with zero attached hydrogens (tertiary/aromatic N) is 1. The van der Waals surface area contributed by atoms with Crippen LogP contribution < -0.4 is 15.5 Å². The molecule has 0 atom stereocenters. The summed E-state index contributed by atoms with van der Waals surface area (Å²) in [5.74, 6) is 0.479. The zero-order valence-electron chi connectivity index (χ0n) is 15.8. The fraction of sp³-hybridized carbons (Fsp3) is 0.182. The van der Waals surface area contributed by atoms with Crippen LogP contribution in [0.3, 0.4) is 0 Å². The van der Waals surface area contributed by atoms with Gasteiger partial charge in [0, 0.05) is 11.3 Å². The Kier molecular flexibility index (Phi) is 6.66. The summed E-state index contributed by atoms with van der Waals surface area (Å²) in [5, 5.41) is 9.29. The molecule has 0 spiro atoms. The van der Waals surface area contributed by atoms with E-state index >= 15 is 0 Å². The van der Waals surface area contributed by atoms with Gasteiger partial charge in [-0.05, 0) is 64.3 Å². The molecule has 0 bridgehead atoms. The first-order chi connectivity index (χ1) is 13.6. The lowest BCUT2D eigenvalue weighted by molar-refractivity contribution is -0.119. The van der Waals surface area contributed by atoms with E-state index in [2.05, 4.69) is 31.8 Å². The molecular weight excluding hydrogens is 418 g/mol. The first kappa shape index (κ1) is 19.9. The fourth-order valence-corrected chi connectivity index (χ4v) is 3.46. The Morgan fingerprint density at radius 3 is 2.79 bits per heavy atom. The maximum Gasteiger partial charge on any atom is 0.259 e. The highest BCUT2D eigenvalue weighted by molar-refractivity contribution is 9.10. The van der Waals surface area contributed by atoms with Crippen molar-refractivity contribution in [3.05, 3.63) is 70.2 Å². The van der Waals surface area contributed by atoms with Crippen LogP contribution in [0.2, 0.25) is 0 Å². The highest BCUT2D eigenvalue weighted by atomic mass is 79.9. The summed E-state index contributed by atoms with van der Waals surface area (Å²) in [6.07, 6.45) is 1.63. The number of hydrogen-bond donors (Lipinski definition) is 2. The Labute approximate surface area is 172 Å². The molecule has 28 heavy (non-hydrogen) atoms. The monoisotopic (exact) mass is 439 g/mol. The molecule has 0 aliphatic heterocycles. The van der Waals surface area contributed by atoms with Crippen molar-refractivity contribution in [3.8, 4) is 5.75 Å². The SMILES string of the molecule is CCOc1c(Br)cc2ccccc2c1/C=N\NC(=O)CNc1cccc(C)c1. The zero-order chi connectivity index (χ0) is 19.9. The second-order valence-corrected chi connectivity index (χ2v) is 7.13. The summed E-state index contributed by atoms with van der Waals surface area (Å²) in [6, 6.07) is 17.9. The van der Waals surface area contributed by atoms with Crippen LogP contribution in [-0.2, 0) is 4.79 Å². The molecule has 2 N–H and O–H groups in total. The van der Waals surface area contributed by atoms with Crippen molar-refractivity contribution >= 4 is 44.5 Å². The molecule has 144 valence electrons. The number of nitrogens with one attached hydrogen (secondary N) is 2. The van der Waals surface area contributed by atoms with E-state index in [1.807, 2.05) is 68.4 Å². The van der Waals surface area contributed by atoms with E-state index in [9.17, 15) is 4.79 Å². The zero-order valence-corrected chi connectivity index (χ0v) is 17.4. The van der Waals surface area contributed by atoms with Gasteiger partial charge in [0.15, 0.2) is 0 Å². The van der Waals surface area contributed by atoms with Crippen LogP contribution >= 0.6 is 15.9 Å². The van der Waals surface area contributed by atoms with Gasteiger partial charge in [-0.2, -0.15) is 5.10 Å². The van der Waals surface area contributed by atoms with Crippen molar-refractivity contribution in [1.29, 1.82) is 0 Å². The van der Waals surface area contributed by atoms with Crippen LogP contribution in [-0.4, -0.2) is 25.3 Å². The van der Waals surface area contributed by atoms with Gasteiger partial charge < -0.3 is 10.1 Å². The summed E-state index contributed by atoms with van der Waals surface area (Å²) in [7, 11) is 0. The molecule has 0 heterocycles. The number of ether oxygens (including phenoxy) is 1. The van der Waals surface area contributed by atoms with Crippen LogP contribution in [0.5, 0.6) is 5.75 Å². The van der Waals surface area contributed by atoms with Gasteiger partial charge in [-0.3, -0.25) is 4.79 Å². The molecule has 0 saturated heterocycles. The number of halogens is 1. The largest absolute Gasteiger partial charge is 0.492 e. The molecule has 0 aliphatic carbocycles. The molecule has 0 aromatic heterocycles. The number of aryl methyl sites for hydroxylation is 1. The molecule has 0 fully saturated rings. The third kappa shape index (κ3) is 4.89. The van der Waals surface area contributed by atoms with Crippen LogP contribution in [0.1, 0.15) is 18.1 Å². The van der Waals surface area contributed by atoms with Crippen LogP contribution in [0.15, 0.2) is 64.2 Å². The quantitative estimate of drug-likeness (QED) is 0.407. The van der Waals surface area contributed by atoms with Gasteiger partial charge >= 0.3 is 0 Å². The van der Waals surface area contributed by atoms with Crippen molar-refractivity contribution in [3.63, 3.8) is 0 Å². The lowest BCUT2D eigenvalue weighted by atomic mass is 10.0. The summed E-state index contributed by atoms with van der Waals surface area (Å²) >= 11 is 3.56. The number of amides is 1. The van der Waals surface area contributed by atoms with Gasteiger partial charge in [-0.25, -0.2) is 5.43 Å². The van der Waals surface area contributed by atoms with Crippen LogP contribution in [0, 0.1) is 6.92 Å². The second kappa shape index (κ2) is 9.37. The lowest BCUT2D eigenvalue weighted by Crippen LogP contribution is -2.25. The van der Waals surface area contributed by atoms with Gasteiger partial charge in [0.25, 0.3) is 5.91 Å². The number of carbonyl (C=O) groups excluding carboxylic acids is 1. The number of carbonyl (C=O) groups is 1. The highest BCUT2D eigenvalue weighted by Gasteiger charge is 2.12. The minimum absolute atomic E-state index is 0.137. The number of fused-ring (bicyclic) bond motifs is 1. The molecule has 0 radical (unpaired) electrons. The van der Waals surface area contributed by atoms with Crippen LogP contribution in [0.25, 0.3) is 10.8 Å². The van der Waals surface area contributed by atoms with E-state index in [4.69, 9.17) is 4.74 Å². The van der Waals surface area contributed by atoms with Crippen molar-refractivity contribution in [2.45, 2.75) is 13.8 Å². The first-order valence-corrected chi connectivity index (χ1v) is 9.84. The third-order valence-corrected chi connectivity index (χ3v) is 4.73. The van der Waals surface area contributed by atoms with E-state index in [-0.39, 0.29) is 12.5 Å². The first-order valence-electron chi connectivity index (χ1n) is 9.05. The maximum atomic E-state index is 12.1. The molecule has 3 aromatic carbocycles. The number of hydrazone groups is 1. The average Bonchev–Trinajstić information content (AvgIpc) is 2.68. The second-order valence-electron chi connectivity index (χ2n) is 6.27. The van der Waals surface area contributed by atoms with Gasteiger partial charge in [0.2, 0.25) is 0 Å². The molecule has 3 aromatic rings. The van der Waals surface area contributed by atoms with Crippen molar-refractivity contribution in [1.82, 2.24) is 5.43 Å². The topological polar surface area (TPSA) is 62.7 Å². The lowest BCUT2D eigenvalue weighted by Gasteiger charge is -2.12. The Balaban J connectivity index is 1.73. The number of benzene rings is 3. The smallest absolute Gasteiger partial charge is 0.259 e. The molecule has 6 heteroatoms. The summed E-state index contributed by atoms with van der Waals surface area (Å²) in [4.78, 5) is 12.1. The Hall–Kier alpha value is -2.86. The van der Waals surface area contributed by atoms with E-state index in [0.717, 1.165) is 32.1 Å². The summed E-state index contributed by atoms with van der Waals surface area (Å²) < 4.78 is 6.64. The van der Waals surface area contributed by atoms with E-state index in [1.54, 1.807) is 6.21 Å².